The molecule has 1 aliphatic rings. The van der Waals surface area contributed by atoms with E-state index in [-0.39, 0.29) is 5.91 Å². The molecule has 1 heterocycles. The molecule has 0 bridgehead atoms. The van der Waals surface area contributed by atoms with Crippen molar-refractivity contribution < 1.29 is 9.53 Å². The third-order valence-corrected chi connectivity index (χ3v) is 4.18. The second-order valence-corrected chi connectivity index (χ2v) is 5.96. The summed E-state index contributed by atoms with van der Waals surface area (Å²) in [5.41, 5.74) is 7.85. The Labute approximate surface area is 139 Å². The number of hydrogen-bond acceptors (Lipinski definition) is 4. The quantitative estimate of drug-likeness (QED) is 0.684. The predicted octanol–water partition coefficient (Wildman–Crippen LogP) is 2.05. The van der Waals surface area contributed by atoms with Gasteiger partial charge < -0.3 is 20.7 Å². The normalized spacial score (nSPS) is 14.7. The average Bonchev–Trinajstić information content (AvgIpc) is 2.61. The van der Waals surface area contributed by atoms with E-state index in [0.717, 1.165) is 58.5 Å². The van der Waals surface area contributed by atoms with Gasteiger partial charge in [0.25, 0.3) is 0 Å². The monoisotopic (exact) mass is 319 g/mol. The van der Waals surface area contributed by atoms with Crippen LogP contribution in [0.25, 0.3) is 0 Å². The molecule has 3 N–H and O–H groups in total. The molecule has 0 radical (unpaired) electrons. The number of nitrogens with zero attached hydrogens (tertiary/aromatic N) is 1. The van der Waals surface area contributed by atoms with Gasteiger partial charge in [-0.2, -0.15) is 0 Å². The lowest BCUT2D eigenvalue weighted by Crippen LogP contribution is -2.37. The molecule has 0 spiro atoms. The van der Waals surface area contributed by atoms with Crippen molar-refractivity contribution in [3.8, 4) is 0 Å². The summed E-state index contributed by atoms with van der Waals surface area (Å²) in [7, 11) is 0. The molecule has 0 saturated carbocycles. The topological polar surface area (TPSA) is 67.6 Å². The largest absolute Gasteiger partial charge is 0.378 e. The summed E-state index contributed by atoms with van der Waals surface area (Å²) in [5.74, 6) is 0.134. The maximum absolute atomic E-state index is 12.0. The number of anilines is 1. The van der Waals surface area contributed by atoms with E-state index in [1.807, 2.05) is 12.1 Å². The Bertz CT molecular complexity index is 473. The summed E-state index contributed by atoms with van der Waals surface area (Å²) >= 11 is 0. The number of ether oxygens (including phenoxy) is 1. The number of hydrogen-bond donors (Lipinski definition) is 2. The van der Waals surface area contributed by atoms with E-state index in [9.17, 15) is 4.79 Å². The Morgan fingerprint density at radius 3 is 2.65 bits per heavy atom. The van der Waals surface area contributed by atoms with Crippen LogP contribution < -0.4 is 16.0 Å². The number of para-hydroxylation sites is 1. The molecule has 23 heavy (non-hydrogen) atoms. The molecule has 1 aliphatic heterocycles. The van der Waals surface area contributed by atoms with Crippen LogP contribution in [0.15, 0.2) is 24.3 Å². The number of benzene rings is 1. The van der Waals surface area contributed by atoms with Gasteiger partial charge >= 0.3 is 0 Å². The van der Waals surface area contributed by atoms with Gasteiger partial charge in [0, 0.05) is 31.7 Å². The molecule has 0 unspecified atom stereocenters. The molecule has 1 fully saturated rings. The van der Waals surface area contributed by atoms with Crippen LogP contribution in [0.3, 0.4) is 0 Å². The number of nitrogens with two attached hydrogens (primary N) is 1. The third-order valence-electron chi connectivity index (χ3n) is 4.18. The third kappa shape index (κ3) is 6.20. The minimum Gasteiger partial charge on any atom is -0.378 e. The highest BCUT2D eigenvalue weighted by molar-refractivity contribution is 5.76. The van der Waals surface area contributed by atoms with Gasteiger partial charge in [-0.1, -0.05) is 31.0 Å². The smallest absolute Gasteiger partial charge is 0.220 e. The molecule has 1 aromatic rings. The Kier molecular flexibility index (Phi) is 7.90. The molecule has 5 heteroatoms. The van der Waals surface area contributed by atoms with Crippen molar-refractivity contribution in [2.24, 2.45) is 5.73 Å². The zero-order valence-electron chi connectivity index (χ0n) is 13.9. The van der Waals surface area contributed by atoms with E-state index >= 15 is 0 Å². The summed E-state index contributed by atoms with van der Waals surface area (Å²) in [4.78, 5) is 14.3. The van der Waals surface area contributed by atoms with E-state index < -0.39 is 0 Å². The second kappa shape index (κ2) is 10.2. The van der Waals surface area contributed by atoms with Crippen LogP contribution >= 0.6 is 0 Å². The molecule has 5 nitrogen and oxygen atoms in total. The number of amides is 1. The van der Waals surface area contributed by atoms with Crippen molar-refractivity contribution in [1.82, 2.24) is 5.32 Å². The highest BCUT2D eigenvalue weighted by atomic mass is 16.5. The van der Waals surface area contributed by atoms with E-state index in [4.69, 9.17) is 10.5 Å². The Hall–Kier alpha value is -1.59. The zero-order chi connectivity index (χ0) is 16.3. The van der Waals surface area contributed by atoms with E-state index in [1.165, 1.54) is 11.3 Å². The van der Waals surface area contributed by atoms with Gasteiger partial charge in [-0.05, 0) is 31.0 Å². The fourth-order valence-corrected chi connectivity index (χ4v) is 2.84. The van der Waals surface area contributed by atoms with Crippen LogP contribution in [0.2, 0.25) is 0 Å². The number of unbranched alkanes of at least 4 members (excludes halogenated alkanes) is 3. The summed E-state index contributed by atoms with van der Waals surface area (Å²) < 4.78 is 5.41. The molecule has 1 saturated heterocycles. The highest BCUT2D eigenvalue weighted by Gasteiger charge is 2.14. The van der Waals surface area contributed by atoms with Gasteiger partial charge in [0.15, 0.2) is 0 Å². The van der Waals surface area contributed by atoms with Crippen LogP contribution in [-0.4, -0.2) is 38.8 Å². The van der Waals surface area contributed by atoms with Crippen molar-refractivity contribution in [3.05, 3.63) is 29.8 Å². The lowest BCUT2D eigenvalue weighted by molar-refractivity contribution is -0.121. The Morgan fingerprint density at radius 2 is 1.87 bits per heavy atom. The van der Waals surface area contributed by atoms with E-state index in [0.29, 0.717) is 13.0 Å². The molecule has 0 atom stereocenters. The Morgan fingerprint density at radius 1 is 1.13 bits per heavy atom. The van der Waals surface area contributed by atoms with Gasteiger partial charge in [0.2, 0.25) is 5.91 Å². The van der Waals surface area contributed by atoms with Crippen LogP contribution in [0.1, 0.15) is 37.7 Å². The van der Waals surface area contributed by atoms with Gasteiger partial charge in [-0.25, -0.2) is 0 Å². The van der Waals surface area contributed by atoms with Crippen molar-refractivity contribution in [1.29, 1.82) is 0 Å². The first-order valence-corrected chi connectivity index (χ1v) is 8.68. The van der Waals surface area contributed by atoms with Crippen LogP contribution in [-0.2, 0) is 16.1 Å². The number of rotatable bonds is 9. The molecule has 1 aromatic carbocycles. The molecule has 0 aliphatic carbocycles. The van der Waals surface area contributed by atoms with Crippen molar-refractivity contribution in [2.45, 2.75) is 38.6 Å². The van der Waals surface area contributed by atoms with Gasteiger partial charge in [-0.3, -0.25) is 4.79 Å². The molecular formula is C18H29N3O2. The van der Waals surface area contributed by atoms with Crippen molar-refractivity contribution in [2.75, 3.05) is 37.7 Å². The maximum atomic E-state index is 12.0. The number of morpholine rings is 1. The van der Waals surface area contributed by atoms with E-state index in [1.54, 1.807) is 0 Å². The zero-order valence-corrected chi connectivity index (χ0v) is 13.9. The Balaban J connectivity index is 1.77. The van der Waals surface area contributed by atoms with Gasteiger partial charge in [0.05, 0.1) is 13.2 Å². The van der Waals surface area contributed by atoms with E-state index in [2.05, 4.69) is 22.3 Å². The average molecular weight is 319 g/mol. The number of carbonyl (C=O) groups excluding carboxylic acids is 1. The van der Waals surface area contributed by atoms with Gasteiger partial charge in [-0.15, -0.1) is 0 Å². The SMILES string of the molecule is NCCCCCCC(=O)NCc1ccccc1N1CCOCC1. The molecular weight excluding hydrogens is 290 g/mol. The summed E-state index contributed by atoms with van der Waals surface area (Å²) in [6, 6.07) is 8.29. The first-order valence-electron chi connectivity index (χ1n) is 8.68. The highest BCUT2D eigenvalue weighted by Crippen LogP contribution is 2.21. The summed E-state index contributed by atoms with van der Waals surface area (Å²) in [5, 5.41) is 3.05. The minimum atomic E-state index is 0.134. The fourth-order valence-electron chi connectivity index (χ4n) is 2.84. The molecule has 128 valence electrons. The first-order chi connectivity index (χ1) is 11.3. The first kappa shape index (κ1) is 17.8. The maximum Gasteiger partial charge on any atom is 0.220 e. The molecule has 1 amide bonds. The second-order valence-electron chi connectivity index (χ2n) is 5.96. The minimum absolute atomic E-state index is 0.134. The lowest BCUT2D eigenvalue weighted by atomic mass is 10.1. The molecule has 2 rings (SSSR count). The fraction of sp³-hybridized carbons (Fsp3) is 0.611. The van der Waals surface area contributed by atoms with Gasteiger partial charge in [0.1, 0.15) is 0 Å². The molecule has 0 aromatic heterocycles. The summed E-state index contributed by atoms with van der Waals surface area (Å²) in [6.07, 6.45) is 4.79. The van der Waals surface area contributed by atoms with Crippen molar-refractivity contribution in [3.63, 3.8) is 0 Å². The van der Waals surface area contributed by atoms with Crippen LogP contribution in [0, 0.1) is 0 Å². The predicted molar refractivity (Wildman–Crippen MR) is 93.5 cm³/mol. The summed E-state index contributed by atoms with van der Waals surface area (Å²) in [6.45, 7) is 4.69. The van der Waals surface area contributed by atoms with Crippen molar-refractivity contribution >= 4 is 11.6 Å². The number of nitrogens with one attached hydrogen (secondary N) is 1. The lowest BCUT2D eigenvalue weighted by Gasteiger charge is -2.30. The van der Waals surface area contributed by atoms with Crippen LogP contribution in [0.5, 0.6) is 0 Å². The van der Waals surface area contributed by atoms with Crippen LogP contribution in [0.4, 0.5) is 5.69 Å². The number of carbonyl (C=O) groups is 1. The standard InChI is InChI=1S/C18H29N3O2/c19-10-6-2-1-3-9-18(22)20-15-16-7-4-5-8-17(16)21-11-13-23-14-12-21/h4-5,7-8H,1-3,6,9-15,19H2,(H,20,22).